The van der Waals surface area contributed by atoms with Gasteiger partial charge in [0, 0.05) is 12.1 Å². The molecule has 0 aromatic heterocycles. The number of phenols is 1. The van der Waals surface area contributed by atoms with Crippen molar-refractivity contribution in [1.82, 2.24) is 5.32 Å². The molecule has 1 saturated heterocycles. The number of sulfone groups is 1. The van der Waals surface area contributed by atoms with E-state index in [1.54, 1.807) is 13.8 Å². The number of phenolic OH excluding ortho intramolecular Hbond substituents is 1. The van der Waals surface area contributed by atoms with Crippen LogP contribution in [0.5, 0.6) is 17.2 Å². The summed E-state index contributed by atoms with van der Waals surface area (Å²) >= 11 is 0. The van der Waals surface area contributed by atoms with Crippen LogP contribution in [-0.2, 0) is 14.6 Å². The van der Waals surface area contributed by atoms with Crippen LogP contribution in [0.2, 0.25) is 0 Å². The minimum atomic E-state index is -3.38. The van der Waals surface area contributed by atoms with Crippen molar-refractivity contribution in [2.24, 2.45) is 0 Å². The van der Waals surface area contributed by atoms with Gasteiger partial charge in [-0.2, -0.15) is 0 Å². The topological polar surface area (TPSA) is 139 Å². The third-order valence-electron chi connectivity index (χ3n) is 4.35. The summed E-state index contributed by atoms with van der Waals surface area (Å²) in [7, 11) is -3.38. The quantitative estimate of drug-likeness (QED) is 0.632. The van der Waals surface area contributed by atoms with Gasteiger partial charge in [-0.25, -0.2) is 8.42 Å². The molecule has 1 aromatic carbocycles. The molecule has 9 nitrogen and oxygen atoms in total. The molecule has 27 heavy (non-hydrogen) atoms. The molecule has 2 heterocycles. The Balaban J connectivity index is 1.66. The number of nitrogens with one attached hydrogen (secondary N) is 1. The van der Waals surface area contributed by atoms with Crippen LogP contribution in [0.3, 0.4) is 0 Å². The van der Waals surface area contributed by atoms with Crippen LogP contribution in [0, 0.1) is 0 Å². The number of aliphatic hydroxyl groups excluding tert-OH is 1. The van der Waals surface area contributed by atoms with Crippen LogP contribution in [0.25, 0.3) is 0 Å². The molecule has 2 atom stereocenters. The number of amides is 1. The second kappa shape index (κ2) is 6.68. The smallest absolute Gasteiger partial charge is 0.258 e. The van der Waals surface area contributed by atoms with Gasteiger partial charge in [0.2, 0.25) is 0 Å². The maximum absolute atomic E-state index is 12.2. The number of ketones is 1. The molecule has 2 aliphatic rings. The first-order valence-corrected chi connectivity index (χ1v) is 10.2. The van der Waals surface area contributed by atoms with E-state index in [-0.39, 0.29) is 40.8 Å². The van der Waals surface area contributed by atoms with Crippen LogP contribution < -0.4 is 14.8 Å². The first kappa shape index (κ1) is 19.4. The summed E-state index contributed by atoms with van der Waals surface area (Å²) in [6, 6.07) is 1.74. The van der Waals surface area contributed by atoms with Crippen LogP contribution in [0.15, 0.2) is 12.1 Å². The second-order valence-corrected chi connectivity index (χ2v) is 9.54. The Labute approximate surface area is 156 Å². The van der Waals surface area contributed by atoms with Crippen molar-refractivity contribution >= 4 is 21.5 Å². The molecule has 0 aliphatic carbocycles. The van der Waals surface area contributed by atoms with Crippen molar-refractivity contribution in [2.45, 2.75) is 38.0 Å². The van der Waals surface area contributed by atoms with E-state index in [0.29, 0.717) is 0 Å². The van der Waals surface area contributed by atoms with Crippen molar-refractivity contribution < 1.29 is 37.7 Å². The summed E-state index contributed by atoms with van der Waals surface area (Å²) in [5, 5.41) is 22.2. The molecule has 2 aliphatic heterocycles. The first-order valence-electron chi connectivity index (χ1n) is 8.36. The van der Waals surface area contributed by atoms with E-state index >= 15 is 0 Å². The van der Waals surface area contributed by atoms with Gasteiger partial charge in [-0.05, 0) is 13.8 Å². The van der Waals surface area contributed by atoms with Gasteiger partial charge in [0.1, 0.15) is 28.4 Å². The van der Waals surface area contributed by atoms with Crippen LogP contribution in [-0.4, -0.2) is 66.2 Å². The van der Waals surface area contributed by atoms with Crippen molar-refractivity contribution in [3.05, 3.63) is 17.7 Å². The Bertz CT molecular complexity index is 892. The molecular formula is C17H21NO8S. The second-order valence-electron chi connectivity index (χ2n) is 7.38. The van der Waals surface area contributed by atoms with Crippen LogP contribution in [0.4, 0.5) is 0 Å². The SMILES string of the molecule is CC1(C)CC(=O)c2c(O)cc(OCC(=O)NC3CS(=O)(=O)CC3O)cc2O1. The molecule has 10 heteroatoms. The Morgan fingerprint density at radius 2 is 2.07 bits per heavy atom. The molecule has 1 fully saturated rings. The summed E-state index contributed by atoms with van der Waals surface area (Å²) in [6.07, 6.45) is -1.03. The Hall–Kier alpha value is -2.33. The number of rotatable bonds is 4. The lowest BCUT2D eigenvalue weighted by Gasteiger charge is -2.32. The Morgan fingerprint density at radius 1 is 1.37 bits per heavy atom. The van der Waals surface area contributed by atoms with Crippen molar-refractivity contribution in [1.29, 1.82) is 0 Å². The number of carbonyl (C=O) groups excluding carboxylic acids is 2. The predicted octanol–water partition coefficient (Wildman–Crippen LogP) is -0.211. The van der Waals surface area contributed by atoms with Crippen LogP contribution in [0.1, 0.15) is 30.6 Å². The average molecular weight is 399 g/mol. The summed E-state index contributed by atoms with van der Waals surface area (Å²) < 4.78 is 33.9. The summed E-state index contributed by atoms with van der Waals surface area (Å²) in [5.41, 5.74) is -0.651. The van der Waals surface area contributed by atoms with E-state index in [1.807, 2.05) is 0 Å². The van der Waals surface area contributed by atoms with Crippen molar-refractivity contribution in [3.63, 3.8) is 0 Å². The van der Waals surface area contributed by atoms with E-state index in [9.17, 15) is 28.2 Å². The largest absolute Gasteiger partial charge is 0.507 e. The number of hydrogen-bond acceptors (Lipinski definition) is 8. The number of aromatic hydroxyl groups is 1. The molecule has 1 aromatic rings. The van der Waals surface area contributed by atoms with E-state index < -0.39 is 45.9 Å². The highest BCUT2D eigenvalue weighted by molar-refractivity contribution is 7.91. The highest BCUT2D eigenvalue weighted by Crippen LogP contribution is 2.40. The fourth-order valence-electron chi connectivity index (χ4n) is 3.19. The molecule has 0 saturated carbocycles. The van der Waals surface area contributed by atoms with Gasteiger partial charge in [0.25, 0.3) is 5.91 Å². The van der Waals surface area contributed by atoms with Gasteiger partial charge in [-0.1, -0.05) is 0 Å². The zero-order valence-corrected chi connectivity index (χ0v) is 15.7. The Morgan fingerprint density at radius 3 is 2.70 bits per heavy atom. The van der Waals surface area contributed by atoms with Crippen LogP contribution >= 0.6 is 0 Å². The van der Waals surface area contributed by atoms with Gasteiger partial charge in [-0.15, -0.1) is 0 Å². The molecule has 3 rings (SSSR count). The minimum absolute atomic E-state index is 0.0745. The number of Topliss-reactive ketones (excluding diaryl/α,β-unsaturated/α-hetero) is 1. The zero-order valence-electron chi connectivity index (χ0n) is 14.9. The van der Waals surface area contributed by atoms with Gasteiger partial charge in [0.05, 0.1) is 30.1 Å². The number of fused-ring (bicyclic) bond motifs is 1. The molecule has 0 bridgehead atoms. The monoisotopic (exact) mass is 399 g/mol. The third kappa shape index (κ3) is 4.33. The zero-order chi connectivity index (χ0) is 20.0. The minimum Gasteiger partial charge on any atom is -0.507 e. The molecule has 0 radical (unpaired) electrons. The number of benzene rings is 1. The molecule has 0 spiro atoms. The number of carbonyl (C=O) groups is 2. The summed E-state index contributed by atoms with van der Waals surface area (Å²) in [6.45, 7) is 3.03. The standard InChI is InChI=1S/C17H21NO8S/c1-17(2)5-12(20)16-11(19)3-9(4-14(16)26-17)25-6-15(22)18-10-7-27(23,24)8-13(10)21/h3-4,10,13,19,21H,5-8H2,1-2H3,(H,18,22). The van der Waals surface area contributed by atoms with Gasteiger partial charge in [0.15, 0.2) is 22.2 Å². The fourth-order valence-corrected chi connectivity index (χ4v) is 4.93. The molecular weight excluding hydrogens is 378 g/mol. The first-order chi connectivity index (χ1) is 12.5. The average Bonchev–Trinajstić information content (AvgIpc) is 2.75. The lowest BCUT2D eigenvalue weighted by molar-refractivity contribution is -0.124. The summed E-state index contributed by atoms with van der Waals surface area (Å²) in [4.78, 5) is 24.1. The predicted molar refractivity (Wildman–Crippen MR) is 93.8 cm³/mol. The maximum Gasteiger partial charge on any atom is 0.258 e. The third-order valence-corrected chi connectivity index (χ3v) is 6.06. The van der Waals surface area contributed by atoms with Gasteiger partial charge < -0.3 is 25.0 Å². The molecule has 3 N–H and O–H groups in total. The fraction of sp³-hybridized carbons (Fsp3) is 0.529. The normalized spacial score (nSPS) is 25.4. The summed E-state index contributed by atoms with van der Waals surface area (Å²) in [5.74, 6) is -1.61. The highest BCUT2D eigenvalue weighted by Gasteiger charge is 2.37. The number of hydrogen-bond donors (Lipinski definition) is 3. The Kier molecular flexibility index (Phi) is 4.81. The maximum atomic E-state index is 12.2. The van der Waals surface area contributed by atoms with E-state index in [4.69, 9.17) is 9.47 Å². The lowest BCUT2D eigenvalue weighted by Crippen LogP contribution is -2.44. The number of ether oxygens (including phenoxy) is 2. The molecule has 2 unspecified atom stereocenters. The van der Waals surface area contributed by atoms with E-state index in [1.165, 1.54) is 12.1 Å². The lowest BCUT2D eigenvalue weighted by atomic mass is 9.92. The highest BCUT2D eigenvalue weighted by atomic mass is 32.2. The number of aliphatic hydroxyl groups is 1. The van der Waals surface area contributed by atoms with E-state index in [2.05, 4.69) is 5.32 Å². The molecule has 148 valence electrons. The molecule has 1 amide bonds. The van der Waals surface area contributed by atoms with E-state index in [0.717, 1.165) is 0 Å². The van der Waals surface area contributed by atoms with Gasteiger partial charge in [-0.3, -0.25) is 9.59 Å². The van der Waals surface area contributed by atoms with Crippen molar-refractivity contribution in [3.8, 4) is 17.2 Å². The van der Waals surface area contributed by atoms with Crippen molar-refractivity contribution in [2.75, 3.05) is 18.1 Å². The van der Waals surface area contributed by atoms with Gasteiger partial charge >= 0.3 is 0 Å².